The molecule has 0 bridgehead atoms. The topological polar surface area (TPSA) is 80.2 Å². The van der Waals surface area contributed by atoms with Gasteiger partial charge in [-0.3, -0.25) is 4.79 Å². The summed E-state index contributed by atoms with van der Waals surface area (Å²) in [6.07, 6.45) is 0.183. The lowest BCUT2D eigenvalue weighted by atomic mass is 9.93. The molecule has 1 atom stereocenters. The van der Waals surface area contributed by atoms with Crippen LogP contribution < -0.4 is 10.1 Å². The number of rotatable bonds is 8. The van der Waals surface area contributed by atoms with Crippen LogP contribution in [0.25, 0.3) is 0 Å². The summed E-state index contributed by atoms with van der Waals surface area (Å²) in [4.78, 5) is 32.7. The van der Waals surface area contributed by atoms with Crippen LogP contribution in [0.5, 0.6) is 5.75 Å². The Morgan fingerprint density at radius 2 is 1.83 bits per heavy atom. The highest BCUT2D eigenvalue weighted by Crippen LogP contribution is 2.45. The molecule has 0 saturated carbocycles. The van der Waals surface area contributed by atoms with E-state index in [4.69, 9.17) is 14.5 Å². The molecular weight excluding hydrogens is 462 g/mol. The molecule has 4 rings (SSSR count). The molecule has 8 heteroatoms. The van der Waals surface area contributed by atoms with Crippen LogP contribution in [-0.2, 0) is 20.9 Å². The monoisotopic (exact) mass is 491 g/mol. The SMILES string of the molecule is COc1ccc(C2C(C(=O)OCc3ccccc3)=C(C)N=C3SC=C(CC(=O)NC(C)C)N32)cc1. The van der Waals surface area contributed by atoms with E-state index in [0.717, 1.165) is 27.7 Å². The third-order valence-corrected chi connectivity index (χ3v) is 6.54. The van der Waals surface area contributed by atoms with E-state index in [0.29, 0.717) is 11.3 Å². The Balaban J connectivity index is 1.68. The van der Waals surface area contributed by atoms with Crippen LogP contribution in [0.1, 0.15) is 44.4 Å². The summed E-state index contributed by atoms with van der Waals surface area (Å²) in [6.45, 7) is 5.84. The van der Waals surface area contributed by atoms with Gasteiger partial charge >= 0.3 is 5.97 Å². The first kappa shape index (κ1) is 24.6. The van der Waals surface area contributed by atoms with Gasteiger partial charge in [0.1, 0.15) is 12.4 Å². The van der Waals surface area contributed by atoms with Gasteiger partial charge in [0.15, 0.2) is 5.17 Å². The normalized spacial score (nSPS) is 17.1. The Morgan fingerprint density at radius 1 is 1.11 bits per heavy atom. The zero-order valence-electron chi connectivity index (χ0n) is 20.3. The van der Waals surface area contributed by atoms with E-state index in [1.165, 1.54) is 11.8 Å². The van der Waals surface area contributed by atoms with Gasteiger partial charge < -0.3 is 19.7 Å². The van der Waals surface area contributed by atoms with Crippen molar-refractivity contribution in [3.63, 3.8) is 0 Å². The number of hydrogen-bond donors (Lipinski definition) is 1. The van der Waals surface area contributed by atoms with Crippen LogP contribution in [0.3, 0.4) is 0 Å². The lowest BCUT2D eigenvalue weighted by molar-refractivity contribution is -0.141. The van der Waals surface area contributed by atoms with E-state index >= 15 is 0 Å². The van der Waals surface area contributed by atoms with E-state index in [1.807, 2.05) is 85.7 Å². The number of benzene rings is 2. The van der Waals surface area contributed by atoms with E-state index in [9.17, 15) is 9.59 Å². The third kappa shape index (κ3) is 5.59. The molecule has 2 aliphatic heterocycles. The lowest BCUT2D eigenvalue weighted by Gasteiger charge is -2.36. The number of amidine groups is 1. The van der Waals surface area contributed by atoms with Crippen molar-refractivity contribution in [3.8, 4) is 5.75 Å². The number of methoxy groups -OCH3 is 1. The lowest BCUT2D eigenvalue weighted by Crippen LogP contribution is -2.38. The number of nitrogens with zero attached hydrogens (tertiary/aromatic N) is 2. The van der Waals surface area contributed by atoms with Gasteiger partial charge in [-0.15, -0.1) is 0 Å². The Bertz CT molecular complexity index is 1190. The predicted molar refractivity (Wildman–Crippen MR) is 138 cm³/mol. The van der Waals surface area contributed by atoms with Crippen LogP contribution in [-0.4, -0.2) is 35.1 Å². The average Bonchev–Trinajstić information content (AvgIpc) is 3.23. The van der Waals surface area contributed by atoms with Crippen molar-refractivity contribution in [2.24, 2.45) is 4.99 Å². The summed E-state index contributed by atoms with van der Waals surface area (Å²) in [7, 11) is 1.61. The summed E-state index contributed by atoms with van der Waals surface area (Å²) in [5, 5.41) is 5.60. The number of fused-ring (bicyclic) bond motifs is 1. The van der Waals surface area contributed by atoms with Crippen LogP contribution in [0.15, 0.2) is 82.0 Å². The van der Waals surface area contributed by atoms with Crippen molar-refractivity contribution in [1.29, 1.82) is 0 Å². The molecule has 0 fully saturated rings. The number of hydrogen-bond acceptors (Lipinski definition) is 7. The molecule has 1 amide bonds. The third-order valence-electron chi connectivity index (χ3n) is 5.66. The first-order valence-corrected chi connectivity index (χ1v) is 12.3. The maximum Gasteiger partial charge on any atom is 0.338 e. The first-order valence-electron chi connectivity index (χ1n) is 11.5. The van der Waals surface area contributed by atoms with Gasteiger partial charge in [0.25, 0.3) is 0 Å². The van der Waals surface area contributed by atoms with E-state index in [-0.39, 0.29) is 25.0 Å². The molecule has 0 aromatic heterocycles. The van der Waals surface area contributed by atoms with Crippen molar-refractivity contribution in [1.82, 2.24) is 10.2 Å². The summed E-state index contributed by atoms with van der Waals surface area (Å²) in [5.41, 5.74) is 3.62. The largest absolute Gasteiger partial charge is 0.497 e. The number of ether oxygens (including phenoxy) is 2. The van der Waals surface area contributed by atoms with Crippen molar-refractivity contribution in [2.45, 2.75) is 45.9 Å². The van der Waals surface area contributed by atoms with Gasteiger partial charge in [-0.05, 0) is 49.4 Å². The predicted octanol–water partition coefficient (Wildman–Crippen LogP) is 4.93. The van der Waals surface area contributed by atoms with Crippen LogP contribution in [0.2, 0.25) is 0 Å². The molecular formula is C27H29N3O4S. The van der Waals surface area contributed by atoms with Crippen LogP contribution in [0.4, 0.5) is 0 Å². The molecule has 0 radical (unpaired) electrons. The Hall–Kier alpha value is -3.52. The second-order valence-electron chi connectivity index (χ2n) is 8.63. The van der Waals surface area contributed by atoms with Gasteiger partial charge in [0, 0.05) is 11.7 Å². The number of allylic oxidation sites excluding steroid dienone is 1. The first-order chi connectivity index (χ1) is 16.9. The molecule has 7 nitrogen and oxygen atoms in total. The highest BCUT2D eigenvalue weighted by molar-refractivity contribution is 8.16. The van der Waals surface area contributed by atoms with Crippen LogP contribution in [0, 0.1) is 0 Å². The molecule has 2 aliphatic rings. The van der Waals surface area contributed by atoms with E-state index in [2.05, 4.69) is 5.32 Å². The Morgan fingerprint density at radius 3 is 2.49 bits per heavy atom. The van der Waals surface area contributed by atoms with Crippen molar-refractivity contribution < 1.29 is 19.1 Å². The van der Waals surface area contributed by atoms with Gasteiger partial charge in [-0.25, -0.2) is 9.79 Å². The molecule has 2 aromatic rings. The summed E-state index contributed by atoms with van der Waals surface area (Å²) in [5.74, 6) is 0.203. The molecule has 2 heterocycles. The Kier molecular flexibility index (Phi) is 7.60. The summed E-state index contributed by atoms with van der Waals surface area (Å²) >= 11 is 1.45. The summed E-state index contributed by atoms with van der Waals surface area (Å²) < 4.78 is 11.1. The standard InChI is InChI=1S/C27H29N3O4S/c1-17(2)28-23(31)14-21-16-35-27-29-18(3)24(26(32)34-15-19-8-6-5-7-9-19)25(30(21)27)20-10-12-22(33-4)13-11-20/h5-13,16-17,25H,14-15H2,1-4H3,(H,28,31). The second-order valence-corrected chi connectivity index (χ2v) is 9.46. The zero-order chi connectivity index (χ0) is 24.9. The molecule has 1 N–H and O–H groups in total. The smallest absolute Gasteiger partial charge is 0.338 e. The van der Waals surface area contributed by atoms with Crippen molar-refractivity contribution in [3.05, 3.63) is 88.1 Å². The average molecular weight is 492 g/mol. The zero-order valence-corrected chi connectivity index (χ0v) is 21.1. The number of aliphatic imine (C=N–C) groups is 1. The molecule has 0 spiro atoms. The number of nitrogens with one attached hydrogen (secondary N) is 1. The van der Waals surface area contributed by atoms with Crippen molar-refractivity contribution in [2.75, 3.05) is 7.11 Å². The van der Waals surface area contributed by atoms with Gasteiger partial charge in [-0.1, -0.05) is 54.2 Å². The highest BCUT2D eigenvalue weighted by Gasteiger charge is 2.41. The fourth-order valence-corrected chi connectivity index (χ4v) is 5.03. The van der Waals surface area contributed by atoms with E-state index < -0.39 is 12.0 Å². The molecule has 0 saturated heterocycles. The van der Waals surface area contributed by atoms with Crippen molar-refractivity contribution >= 4 is 28.8 Å². The summed E-state index contributed by atoms with van der Waals surface area (Å²) in [6, 6.07) is 16.7. The van der Waals surface area contributed by atoms with Gasteiger partial charge in [-0.2, -0.15) is 0 Å². The van der Waals surface area contributed by atoms with Crippen LogP contribution >= 0.6 is 11.8 Å². The minimum atomic E-state index is -0.482. The fraction of sp³-hybridized carbons (Fsp3) is 0.296. The second kappa shape index (κ2) is 10.8. The quantitative estimate of drug-likeness (QED) is 0.528. The molecule has 35 heavy (non-hydrogen) atoms. The molecule has 1 unspecified atom stereocenters. The number of thioether (sulfide) groups is 1. The maximum atomic E-state index is 13.4. The number of carbonyl (C=O) groups excluding carboxylic acids is 2. The molecule has 2 aromatic carbocycles. The van der Waals surface area contributed by atoms with E-state index in [1.54, 1.807) is 7.11 Å². The minimum Gasteiger partial charge on any atom is -0.497 e. The minimum absolute atomic E-state index is 0.0368. The number of carbonyl (C=O) groups is 2. The Labute approximate surface area is 209 Å². The molecule has 0 aliphatic carbocycles. The van der Waals surface area contributed by atoms with Gasteiger partial charge in [0.2, 0.25) is 5.91 Å². The van der Waals surface area contributed by atoms with Gasteiger partial charge in [0.05, 0.1) is 30.8 Å². The number of esters is 1. The number of amides is 1. The maximum absolute atomic E-state index is 13.4. The molecule has 182 valence electrons. The highest BCUT2D eigenvalue weighted by atomic mass is 32.2. The fourth-order valence-electron chi connectivity index (χ4n) is 4.07.